The van der Waals surface area contributed by atoms with E-state index in [1.807, 2.05) is 30.3 Å². The maximum absolute atomic E-state index is 12.9. The van der Waals surface area contributed by atoms with Crippen molar-refractivity contribution in [2.45, 2.75) is 26.9 Å². The summed E-state index contributed by atoms with van der Waals surface area (Å²) in [7, 11) is 0. The molecule has 0 saturated heterocycles. The fourth-order valence-electron chi connectivity index (χ4n) is 3.27. The number of nitrogens with zero attached hydrogens (tertiary/aromatic N) is 1. The lowest BCUT2D eigenvalue weighted by Gasteiger charge is -2.14. The second-order valence-corrected chi connectivity index (χ2v) is 7.29. The van der Waals surface area contributed by atoms with E-state index in [1.54, 1.807) is 32.0 Å². The standard InChI is InChI=1S/C24H20N2O6/c1-13-12-19(26-32-13)25-23(28)15(3)30-24(29)18-11-7-10-17-20(27)14(2)21(31-22(17)18)16-8-5-4-6-9-16/h4-12,15H,1-3H3,(H,25,26,28)/t15-/m0/s1. The van der Waals surface area contributed by atoms with Crippen molar-refractivity contribution in [3.63, 3.8) is 0 Å². The summed E-state index contributed by atoms with van der Waals surface area (Å²) >= 11 is 0. The van der Waals surface area contributed by atoms with Crippen LogP contribution in [0.4, 0.5) is 5.82 Å². The number of rotatable bonds is 5. The van der Waals surface area contributed by atoms with Gasteiger partial charge in [0.1, 0.15) is 17.1 Å². The normalized spacial score (nSPS) is 11.8. The molecule has 8 nitrogen and oxygen atoms in total. The zero-order valence-electron chi connectivity index (χ0n) is 17.7. The van der Waals surface area contributed by atoms with Gasteiger partial charge in [0.05, 0.1) is 5.39 Å². The van der Waals surface area contributed by atoms with Crippen LogP contribution in [0.5, 0.6) is 0 Å². The van der Waals surface area contributed by atoms with Crippen molar-refractivity contribution < 1.29 is 23.3 Å². The quantitative estimate of drug-likeness (QED) is 0.469. The largest absolute Gasteiger partial charge is 0.455 e. The molecule has 1 atom stereocenters. The van der Waals surface area contributed by atoms with Crippen molar-refractivity contribution in [1.82, 2.24) is 5.16 Å². The molecule has 2 aromatic heterocycles. The van der Waals surface area contributed by atoms with E-state index in [1.165, 1.54) is 13.0 Å². The number of benzene rings is 2. The van der Waals surface area contributed by atoms with Gasteiger partial charge in [-0.3, -0.25) is 9.59 Å². The third-order valence-electron chi connectivity index (χ3n) is 4.93. The number of nitrogens with one attached hydrogen (secondary N) is 1. The fraction of sp³-hybridized carbons (Fsp3) is 0.167. The number of hydrogen-bond acceptors (Lipinski definition) is 7. The molecule has 0 aliphatic rings. The van der Waals surface area contributed by atoms with Gasteiger partial charge in [-0.1, -0.05) is 41.6 Å². The van der Waals surface area contributed by atoms with Crippen LogP contribution >= 0.6 is 0 Å². The van der Waals surface area contributed by atoms with Crippen LogP contribution in [0.3, 0.4) is 0 Å². The van der Waals surface area contributed by atoms with Gasteiger partial charge in [-0.2, -0.15) is 0 Å². The highest BCUT2D eigenvalue weighted by molar-refractivity contribution is 6.04. The van der Waals surface area contributed by atoms with E-state index >= 15 is 0 Å². The van der Waals surface area contributed by atoms with Crippen molar-refractivity contribution in [2.75, 3.05) is 5.32 Å². The molecule has 162 valence electrons. The Morgan fingerprint density at radius 2 is 1.81 bits per heavy atom. The Kier molecular flexibility index (Phi) is 5.59. The lowest BCUT2D eigenvalue weighted by atomic mass is 10.0. The van der Waals surface area contributed by atoms with Crippen LogP contribution in [0, 0.1) is 13.8 Å². The number of esters is 1. The van der Waals surface area contributed by atoms with Crippen LogP contribution in [-0.4, -0.2) is 23.1 Å². The monoisotopic (exact) mass is 432 g/mol. The fourth-order valence-corrected chi connectivity index (χ4v) is 3.27. The Balaban J connectivity index is 1.66. The van der Waals surface area contributed by atoms with E-state index in [-0.39, 0.29) is 27.8 Å². The summed E-state index contributed by atoms with van der Waals surface area (Å²) < 4.78 is 16.3. The van der Waals surface area contributed by atoms with E-state index < -0.39 is 18.0 Å². The number of carbonyl (C=O) groups excluding carboxylic acids is 2. The zero-order valence-corrected chi connectivity index (χ0v) is 17.7. The minimum Gasteiger partial charge on any atom is -0.455 e. The molecular weight excluding hydrogens is 412 g/mol. The second-order valence-electron chi connectivity index (χ2n) is 7.29. The Morgan fingerprint density at radius 1 is 1.06 bits per heavy atom. The first-order chi connectivity index (χ1) is 15.3. The van der Waals surface area contributed by atoms with Gasteiger partial charge in [-0.05, 0) is 32.9 Å². The third kappa shape index (κ3) is 4.02. The van der Waals surface area contributed by atoms with Crippen molar-refractivity contribution >= 4 is 28.7 Å². The van der Waals surface area contributed by atoms with Crippen molar-refractivity contribution in [3.05, 3.63) is 81.7 Å². The van der Waals surface area contributed by atoms with E-state index in [4.69, 9.17) is 13.7 Å². The van der Waals surface area contributed by atoms with Crippen LogP contribution in [-0.2, 0) is 9.53 Å². The molecule has 32 heavy (non-hydrogen) atoms. The Bertz CT molecular complexity index is 1370. The Hall–Kier alpha value is -4.20. The van der Waals surface area contributed by atoms with Crippen LogP contribution in [0.15, 0.2) is 68.3 Å². The number of ether oxygens (including phenoxy) is 1. The molecule has 0 aliphatic carbocycles. The minimum atomic E-state index is -1.12. The predicted octanol–water partition coefficient (Wildman–Crippen LogP) is 4.25. The third-order valence-corrected chi connectivity index (χ3v) is 4.93. The molecule has 4 aromatic rings. The average molecular weight is 432 g/mol. The molecule has 0 radical (unpaired) electrons. The number of fused-ring (bicyclic) bond motifs is 1. The number of hydrogen-bond donors (Lipinski definition) is 1. The van der Waals surface area contributed by atoms with E-state index in [2.05, 4.69) is 10.5 Å². The van der Waals surface area contributed by atoms with Crippen LogP contribution in [0.1, 0.15) is 28.6 Å². The summed E-state index contributed by atoms with van der Waals surface area (Å²) in [5.74, 6) is -0.250. The first-order valence-corrected chi connectivity index (χ1v) is 9.92. The smallest absolute Gasteiger partial charge is 0.342 e. The minimum absolute atomic E-state index is 0.0497. The second kappa shape index (κ2) is 8.50. The SMILES string of the molecule is Cc1cc(NC(=O)[C@H](C)OC(=O)c2cccc3c(=O)c(C)c(-c4ccccc4)oc23)no1. The van der Waals surface area contributed by atoms with Crippen molar-refractivity contribution in [1.29, 1.82) is 0 Å². The number of para-hydroxylation sites is 1. The Morgan fingerprint density at radius 3 is 2.50 bits per heavy atom. The van der Waals surface area contributed by atoms with Gasteiger partial charge in [-0.15, -0.1) is 0 Å². The molecule has 8 heteroatoms. The first kappa shape index (κ1) is 21.0. The predicted molar refractivity (Wildman–Crippen MR) is 117 cm³/mol. The first-order valence-electron chi connectivity index (χ1n) is 9.92. The molecule has 2 aromatic carbocycles. The molecule has 0 saturated carbocycles. The molecule has 0 aliphatic heterocycles. The highest BCUT2D eigenvalue weighted by Gasteiger charge is 2.24. The summed E-state index contributed by atoms with van der Waals surface area (Å²) in [5.41, 5.74) is 1.06. The van der Waals surface area contributed by atoms with Gasteiger partial charge in [0.25, 0.3) is 5.91 Å². The van der Waals surface area contributed by atoms with Gasteiger partial charge < -0.3 is 19.0 Å². The van der Waals surface area contributed by atoms with Crippen molar-refractivity contribution in [3.8, 4) is 11.3 Å². The molecule has 1 N–H and O–H groups in total. The molecule has 0 unspecified atom stereocenters. The summed E-state index contributed by atoms with van der Waals surface area (Å²) in [5, 5.41) is 6.44. The van der Waals surface area contributed by atoms with Gasteiger partial charge >= 0.3 is 5.97 Å². The highest BCUT2D eigenvalue weighted by atomic mass is 16.5. The van der Waals surface area contributed by atoms with E-state index in [9.17, 15) is 14.4 Å². The summed E-state index contributed by atoms with van der Waals surface area (Å²) in [4.78, 5) is 38.2. The van der Waals surface area contributed by atoms with E-state index in [0.717, 1.165) is 0 Å². The average Bonchev–Trinajstić information content (AvgIpc) is 3.20. The summed E-state index contributed by atoms with van der Waals surface area (Å²) in [6, 6.07) is 15.3. The van der Waals surface area contributed by atoms with Crippen molar-refractivity contribution in [2.24, 2.45) is 0 Å². The number of aryl methyl sites for hydroxylation is 1. The van der Waals surface area contributed by atoms with E-state index in [0.29, 0.717) is 22.6 Å². The lowest BCUT2D eigenvalue weighted by molar-refractivity contribution is -0.123. The number of amides is 1. The molecule has 0 fully saturated rings. The molecule has 1 amide bonds. The molecule has 0 bridgehead atoms. The van der Waals surface area contributed by atoms with Crippen LogP contribution in [0.2, 0.25) is 0 Å². The maximum atomic E-state index is 12.9. The summed E-state index contributed by atoms with van der Waals surface area (Å²) in [6.07, 6.45) is -1.12. The van der Waals surface area contributed by atoms with Gasteiger partial charge in [0, 0.05) is 17.2 Å². The number of carbonyl (C=O) groups is 2. The Labute approximate surface area is 182 Å². The molecule has 0 spiro atoms. The maximum Gasteiger partial charge on any atom is 0.342 e. The number of anilines is 1. The van der Waals surface area contributed by atoms with Crippen LogP contribution in [0.25, 0.3) is 22.3 Å². The summed E-state index contributed by atoms with van der Waals surface area (Å²) in [6.45, 7) is 4.80. The lowest BCUT2D eigenvalue weighted by Crippen LogP contribution is -2.30. The molecular formula is C24H20N2O6. The van der Waals surface area contributed by atoms with Gasteiger partial charge in [0.2, 0.25) is 0 Å². The zero-order chi connectivity index (χ0) is 22.8. The topological polar surface area (TPSA) is 112 Å². The van der Waals surface area contributed by atoms with Crippen LogP contribution < -0.4 is 10.7 Å². The highest BCUT2D eigenvalue weighted by Crippen LogP contribution is 2.27. The number of aromatic nitrogens is 1. The molecule has 2 heterocycles. The van der Waals surface area contributed by atoms with Gasteiger partial charge in [-0.25, -0.2) is 4.79 Å². The van der Waals surface area contributed by atoms with Gasteiger partial charge in [0.15, 0.2) is 22.9 Å². The molecule has 4 rings (SSSR count).